The summed E-state index contributed by atoms with van der Waals surface area (Å²) >= 11 is 12.2. The Morgan fingerprint density at radius 2 is 2.04 bits per heavy atom. The summed E-state index contributed by atoms with van der Waals surface area (Å²) in [6.07, 6.45) is 3.78. The van der Waals surface area contributed by atoms with Gasteiger partial charge in [0.15, 0.2) is 0 Å². The van der Waals surface area contributed by atoms with Crippen LogP contribution in [0.4, 0.5) is 0 Å². The van der Waals surface area contributed by atoms with Crippen LogP contribution >= 0.6 is 23.2 Å². The van der Waals surface area contributed by atoms with Gasteiger partial charge >= 0.3 is 0 Å². The number of hydrogen-bond donors (Lipinski definition) is 0. The van der Waals surface area contributed by atoms with Crippen LogP contribution in [0.5, 0.6) is 0 Å². The molecule has 1 aromatic heterocycles. The van der Waals surface area contributed by atoms with Gasteiger partial charge in [0.2, 0.25) is 0 Å². The summed E-state index contributed by atoms with van der Waals surface area (Å²) in [4.78, 5) is 6.63. The summed E-state index contributed by atoms with van der Waals surface area (Å²) in [6.45, 7) is 3.35. The Labute approximate surface area is 157 Å². The van der Waals surface area contributed by atoms with Gasteiger partial charge in [-0.2, -0.15) is 0 Å². The Kier molecular flexibility index (Phi) is 4.91. The van der Waals surface area contributed by atoms with Crippen molar-refractivity contribution in [2.45, 2.75) is 12.6 Å². The molecule has 128 valence electrons. The van der Waals surface area contributed by atoms with E-state index >= 15 is 0 Å². The van der Waals surface area contributed by atoms with Crippen LogP contribution in [0.15, 0.2) is 54.9 Å². The highest BCUT2D eigenvalue weighted by Crippen LogP contribution is 2.30. The van der Waals surface area contributed by atoms with Crippen molar-refractivity contribution < 1.29 is 4.74 Å². The molecule has 1 fully saturated rings. The molecule has 5 heteroatoms. The molecule has 1 aliphatic rings. The van der Waals surface area contributed by atoms with E-state index in [4.69, 9.17) is 27.9 Å². The van der Waals surface area contributed by atoms with Crippen LogP contribution in [0.1, 0.15) is 17.2 Å². The van der Waals surface area contributed by atoms with Gasteiger partial charge in [-0.25, -0.2) is 0 Å². The monoisotopic (exact) mass is 372 g/mol. The molecule has 0 aliphatic carbocycles. The van der Waals surface area contributed by atoms with Crippen LogP contribution in [0.25, 0.3) is 10.8 Å². The molecule has 25 heavy (non-hydrogen) atoms. The number of aromatic nitrogens is 1. The lowest BCUT2D eigenvalue weighted by Gasteiger charge is -2.33. The first kappa shape index (κ1) is 16.8. The number of fused-ring (bicyclic) bond motifs is 1. The third kappa shape index (κ3) is 3.65. The molecule has 1 unspecified atom stereocenters. The van der Waals surface area contributed by atoms with Crippen molar-refractivity contribution in [3.63, 3.8) is 0 Å². The zero-order valence-corrected chi connectivity index (χ0v) is 15.2. The van der Waals surface area contributed by atoms with Crippen LogP contribution < -0.4 is 0 Å². The summed E-state index contributed by atoms with van der Waals surface area (Å²) in [5.74, 6) is 0. The van der Waals surface area contributed by atoms with E-state index in [0.29, 0.717) is 16.7 Å². The van der Waals surface area contributed by atoms with Gasteiger partial charge in [0.05, 0.1) is 22.8 Å². The van der Waals surface area contributed by atoms with Gasteiger partial charge in [-0.3, -0.25) is 9.88 Å². The van der Waals surface area contributed by atoms with E-state index in [2.05, 4.69) is 34.1 Å². The van der Waals surface area contributed by atoms with Crippen LogP contribution in [-0.4, -0.2) is 29.6 Å². The number of hydrogen-bond acceptors (Lipinski definition) is 3. The van der Waals surface area contributed by atoms with Crippen molar-refractivity contribution in [1.82, 2.24) is 9.88 Å². The normalized spacial score (nSPS) is 18.6. The number of ether oxygens (including phenoxy) is 1. The highest BCUT2D eigenvalue weighted by molar-refractivity contribution is 6.42. The second kappa shape index (κ2) is 7.30. The van der Waals surface area contributed by atoms with Gasteiger partial charge in [0, 0.05) is 37.4 Å². The molecule has 0 N–H and O–H groups in total. The van der Waals surface area contributed by atoms with Crippen molar-refractivity contribution in [3.8, 4) is 0 Å². The Morgan fingerprint density at radius 1 is 1.12 bits per heavy atom. The van der Waals surface area contributed by atoms with Crippen molar-refractivity contribution in [1.29, 1.82) is 0 Å². The Morgan fingerprint density at radius 3 is 2.92 bits per heavy atom. The molecule has 2 heterocycles. The number of morpholine rings is 1. The maximum Gasteiger partial charge on any atom is 0.0953 e. The molecule has 4 rings (SSSR count). The zero-order chi connectivity index (χ0) is 17.2. The number of pyridine rings is 1. The standard InChI is InChI=1S/C20H18Cl2N2O/c21-18-5-4-14(10-19(18)22)20-13-24(8-9-25-20)12-16-3-1-2-15-11-23-7-6-17(15)16/h1-7,10-11,20H,8-9,12-13H2. The van der Waals surface area contributed by atoms with Crippen LogP contribution in [-0.2, 0) is 11.3 Å². The van der Waals surface area contributed by atoms with E-state index in [1.54, 1.807) is 0 Å². The Bertz CT molecular complexity index is 895. The number of halogens is 2. The van der Waals surface area contributed by atoms with Gasteiger partial charge in [-0.1, -0.05) is 47.5 Å². The predicted molar refractivity (Wildman–Crippen MR) is 102 cm³/mol. The molecular weight excluding hydrogens is 355 g/mol. The molecule has 0 amide bonds. The fourth-order valence-corrected chi connectivity index (χ4v) is 3.64. The molecule has 2 aromatic carbocycles. The fourth-order valence-electron chi connectivity index (χ4n) is 3.33. The smallest absolute Gasteiger partial charge is 0.0953 e. The maximum atomic E-state index is 6.16. The lowest BCUT2D eigenvalue weighted by atomic mass is 10.0. The zero-order valence-electron chi connectivity index (χ0n) is 13.7. The molecule has 1 atom stereocenters. The minimum atomic E-state index is 0.0140. The lowest BCUT2D eigenvalue weighted by molar-refractivity contribution is -0.0328. The highest BCUT2D eigenvalue weighted by atomic mass is 35.5. The minimum absolute atomic E-state index is 0.0140. The van der Waals surface area contributed by atoms with Gasteiger partial charge < -0.3 is 4.74 Å². The third-order valence-electron chi connectivity index (χ3n) is 4.63. The fraction of sp³-hybridized carbons (Fsp3) is 0.250. The Hall–Kier alpha value is -1.65. The second-order valence-corrected chi connectivity index (χ2v) is 7.10. The molecule has 3 aromatic rings. The van der Waals surface area contributed by atoms with Crippen molar-refractivity contribution in [2.24, 2.45) is 0 Å². The second-order valence-electron chi connectivity index (χ2n) is 6.28. The maximum absolute atomic E-state index is 6.16. The molecule has 1 saturated heterocycles. The molecule has 0 bridgehead atoms. The van der Waals surface area contributed by atoms with E-state index in [-0.39, 0.29) is 6.10 Å². The van der Waals surface area contributed by atoms with Gasteiger partial charge in [-0.05, 0) is 34.7 Å². The SMILES string of the molecule is Clc1ccc(C2CN(Cc3cccc4cnccc34)CCO2)cc1Cl. The van der Waals surface area contributed by atoms with Gasteiger partial charge in [0.25, 0.3) is 0 Å². The highest BCUT2D eigenvalue weighted by Gasteiger charge is 2.23. The summed E-state index contributed by atoms with van der Waals surface area (Å²) in [5, 5.41) is 3.58. The summed E-state index contributed by atoms with van der Waals surface area (Å²) in [5.41, 5.74) is 2.39. The molecule has 0 spiro atoms. The quantitative estimate of drug-likeness (QED) is 0.638. The van der Waals surface area contributed by atoms with Crippen molar-refractivity contribution in [2.75, 3.05) is 19.7 Å². The summed E-state index contributed by atoms with van der Waals surface area (Å²) in [6, 6.07) is 14.2. The topological polar surface area (TPSA) is 25.4 Å². The first-order valence-electron chi connectivity index (χ1n) is 8.31. The van der Waals surface area contributed by atoms with E-state index in [1.165, 1.54) is 16.3 Å². The minimum Gasteiger partial charge on any atom is -0.371 e. The summed E-state index contributed by atoms with van der Waals surface area (Å²) < 4.78 is 5.96. The molecule has 0 saturated carbocycles. The average Bonchev–Trinajstić information content (AvgIpc) is 2.65. The van der Waals surface area contributed by atoms with Crippen LogP contribution in [0, 0.1) is 0 Å². The van der Waals surface area contributed by atoms with Crippen LogP contribution in [0.2, 0.25) is 10.0 Å². The van der Waals surface area contributed by atoms with Gasteiger partial charge in [-0.15, -0.1) is 0 Å². The van der Waals surface area contributed by atoms with E-state index < -0.39 is 0 Å². The van der Waals surface area contributed by atoms with E-state index in [9.17, 15) is 0 Å². The van der Waals surface area contributed by atoms with E-state index in [0.717, 1.165) is 25.2 Å². The first-order chi connectivity index (χ1) is 12.2. The van der Waals surface area contributed by atoms with E-state index in [1.807, 2.05) is 30.6 Å². The summed E-state index contributed by atoms with van der Waals surface area (Å²) in [7, 11) is 0. The molecule has 3 nitrogen and oxygen atoms in total. The number of benzene rings is 2. The third-order valence-corrected chi connectivity index (χ3v) is 5.37. The first-order valence-corrected chi connectivity index (χ1v) is 9.07. The largest absolute Gasteiger partial charge is 0.371 e. The Balaban J connectivity index is 1.54. The number of rotatable bonds is 3. The average molecular weight is 373 g/mol. The lowest BCUT2D eigenvalue weighted by Crippen LogP contribution is -2.37. The molecular formula is C20H18Cl2N2O. The van der Waals surface area contributed by atoms with Gasteiger partial charge in [0.1, 0.15) is 0 Å². The van der Waals surface area contributed by atoms with Crippen molar-refractivity contribution >= 4 is 34.0 Å². The van der Waals surface area contributed by atoms with Crippen molar-refractivity contribution in [3.05, 3.63) is 76.0 Å². The predicted octanol–water partition coefficient (Wildman–Crippen LogP) is 5.12. The molecule has 0 radical (unpaired) electrons. The van der Waals surface area contributed by atoms with Crippen LogP contribution in [0.3, 0.4) is 0 Å². The molecule has 1 aliphatic heterocycles. The number of nitrogens with zero attached hydrogens (tertiary/aromatic N) is 2.